The number of aliphatic hydroxyl groups is 1. The van der Waals surface area contributed by atoms with Crippen LogP contribution in [0, 0.1) is 22.6 Å². The number of halogens is 1. The van der Waals surface area contributed by atoms with Gasteiger partial charge in [0.15, 0.2) is 5.82 Å². The monoisotopic (exact) mass is 833 g/mol. The van der Waals surface area contributed by atoms with Gasteiger partial charge >= 0.3 is 0 Å². The lowest BCUT2D eigenvalue weighted by Gasteiger charge is -2.37. The van der Waals surface area contributed by atoms with Gasteiger partial charge in [0, 0.05) is 75.8 Å². The van der Waals surface area contributed by atoms with E-state index in [-0.39, 0.29) is 66.0 Å². The van der Waals surface area contributed by atoms with E-state index in [9.17, 15) is 33.9 Å². The maximum Gasteiger partial charge on any atom is 0.274 e. The molecule has 3 atom stereocenters. The van der Waals surface area contributed by atoms with E-state index in [1.165, 1.54) is 31.5 Å². The van der Waals surface area contributed by atoms with Gasteiger partial charge in [-0.3, -0.25) is 24.2 Å². The van der Waals surface area contributed by atoms with Crippen LogP contribution in [-0.2, 0) is 14.4 Å². The molecular formula is C45H52FN9O6. The number of benzene rings is 2. The summed E-state index contributed by atoms with van der Waals surface area (Å²) in [6.45, 7) is 9.54. The Hall–Kier alpha value is -6.47. The molecule has 2 aliphatic heterocycles. The molecule has 0 aliphatic carbocycles. The predicted octanol–water partition coefficient (Wildman–Crippen LogP) is 5.20. The Kier molecular flexibility index (Phi) is 13.9. The Morgan fingerprint density at radius 2 is 1.79 bits per heavy atom. The van der Waals surface area contributed by atoms with Crippen molar-refractivity contribution in [3.63, 3.8) is 0 Å². The van der Waals surface area contributed by atoms with Gasteiger partial charge in [-0.15, -0.1) is 0 Å². The average Bonchev–Trinajstić information content (AvgIpc) is 3.60. The smallest absolute Gasteiger partial charge is 0.274 e. The van der Waals surface area contributed by atoms with Gasteiger partial charge in [-0.2, -0.15) is 5.26 Å². The molecule has 3 N–H and O–H groups in total. The zero-order valence-electron chi connectivity index (χ0n) is 35.2. The number of hydrogen-bond acceptors (Lipinski definition) is 11. The van der Waals surface area contributed by atoms with Crippen LogP contribution in [0.3, 0.4) is 0 Å². The van der Waals surface area contributed by atoms with E-state index < -0.39 is 29.3 Å². The summed E-state index contributed by atoms with van der Waals surface area (Å²) in [6.07, 6.45) is 5.85. The van der Waals surface area contributed by atoms with E-state index in [4.69, 9.17) is 4.74 Å². The van der Waals surface area contributed by atoms with Crippen molar-refractivity contribution in [2.24, 2.45) is 5.41 Å². The maximum absolute atomic E-state index is 14.9. The van der Waals surface area contributed by atoms with Crippen LogP contribution in [0.5, 0.6) is 5.75 Å². The van der Waals surface area contributed by atoms with Crippen molar-refractivity contribution in [3.8, 4) is 34.3 Å². The summed E-state index contributed by atoms with van der Waals surface area (Å²) in [5.41, 5.74) is 2.36. The minimum atomic E-state index is -0.742. The molecule has 61 heavy (non-hydrogen) atoms. The quantitative estimate of drug-likeness (QED) is 0.150. The number of pyridine rings is 1. The molecule has 2 fully saturated rings. The molecule has 2 aromatic heterocycles. The highest BCUT2D eigenvalue weighted by molar-refractivity contribution is 6.05. The third-order valence-electron chi connectivity index (χ3n) is 11.1. The number of β-amino-alcohol motifs (C(OH)–C–C–N with tert-alkyl or cyclic N) is 1. The molecule has 4 aromatic rings. The zero-order chi connectivity index (χ0) is 43.8. The van der Waals surface area contributed by atoms with Gasteiger partial charge < -0.3 is 35.2 Å². The molecular weight excluding hydrogens is 782 g/mol. The van der Waals surface area contributed by atoms with Crippen molar-refractivity contribution >= 4 is 35.0 Å². The number of nitriles is 1. The first kappa shape index (κ1) is 44.1. The Bertz CT molecular complexity index is 2300. The minimum Gasteiger partial charge on any atom is -0.496 e. The molecule has 0 saturated carbocycles. The van der Waals surface area contributed by atoms with Crippen LogP contribution in [0.2, 0.25) is 0 Å². The molecule has 2 aliphatic rings. The number of rotatable bonds is 13. The molecule has 2 saturated heterocycles. The molecule has 0 spiro atoms. The summed E-state index contributed by atoms with van der Waals surface area (Å²) in [6, 6.07) is 14.2. The average molecular weight is 834 g/mol. The summed E-state index contributed by atoms with van der Waals surface area (Å²) < 4.78 is 20.2. The van der Waals surface area contributed by atoms with Gasteiger partial charge in [-0.05, 0) is 73.6 Å². The second kappa shape index (κ2) is 19.3. The van der Waals surface area contributed by atoms with E-state index in [1.54, 1.807) is 46.5 Å². The van der Waals surface area contributed by atoms with Crippen LogP contribution >= 0.6 is 0 Å². The number of carbonyl (C=O) groups is 4. The Labute approximate surface area is 354 Å². The van der Waals surface area contributed by atoms with Crippen LogP contribution in [0.25, 0.3) is 22.5 Å². The number of nitrogens with zero attached hydrogens (tertiary/aromatic N) is 7. The lowest BCUT2D eigenvalue weighted by molar-refractivity contribution is -0.140. The molecule has 0 bridgehead atoms. The number of aliphatic hydroxyl groups excluding tert-OH is 1. The number of nitrogens with one attached hydrogen (secondary N) is 2. The highest BCUT2D eigenvalue weighted by atomic mass is 19.1. The van der Waals surface area contributed by atoms with Crippen LogP contribution in [0.4, 0.5) is 15.8 Å². The van der Waals surface area contributed by atoms with E-state index in [0.29, 0.717) is 73.5 Å². The molecule has 15 nitrogen and oxygen atoms in total. The van der Waals surface area contributed by atoms with Gasteiger partial charge in [-0.25, -0.2) is 14.4 Å². The maximum atomic E-state index is 14.9. The molecule has 16 heteroatoms. The second-order valence-corrected chi connectivity index (χ2v) is 16.5. The summed E-state index contributed by atoms with van der Waals surface area (Å²) in [5, 5.41) is 25.8. The fourth-order valence-corrected chi connectivity index (χ4v) is 7.75. The SMILES string of the molecule is COc1cccc(F)c1-c1nccc(C(=O)Nc2ccc(-c3cnccc3C#N)cc2N2CCN(C(=O)CCCCC(=O)N[C@H](C(=O)N3C[C@H](O)C[C@H]3C)C(C)(C)C)CC2)n1. The second-order valence-electron chi connectivity index (χ2n) is 16.5. The first-order valence-corrected chi connectivity index (χ1v) is 20.4. The fraction of sp³-hybridized carbons (Fsp3) is 0.422. The number of carbonyl (C=O) groups excluding carboxylic acids is 4. The van der Waals surface area contributed by atoms with Gasteiger partial charge in [-0.1, -0.05) is 32.9 Å². The molecule has 6 rings (SSSR count). The first-order valence-electron chi connectivity index (χ1n) is 20.4. The third-order valence-corrected chi connectivity index (χ3v) is 11.1. The lowest BCUT2D eigenvalue weighted by atomic mass is 9.85. The molecule has 320 valence electrons. The molecule has 4 heterocycles. The minimum absolute atomic E-state index is 0.00258. The number of aromatic nitrogens is 3. The van der Waals surface area contributed by atoms with Crippen molar-refractivity contribution < 1.29 is 33.4 Å². The van der Waals surface area contributed by atoms with Crippen molar-refractivity contribution in [2.75, 3.05) is 50.1 Å². The van der Waals surface area contributed by atoms with Crippen LogP contribution < -0.4 is 20.3 Å². The highest BCUT2D eigenvalue weighted by Gasteiger charge is 2.40. The molecule has 2 aromatic carbocycles. The van der Waals surface area contributed by atoms with Gasteiger partial charge in [0.25, 0.3) is 5.91 Å². The Balaban J connectivity index is 1.09. The summed E-state index contributed by atoms with van der Waals surface area (Å²) >= 11 is 0. The lowest BCUT2D eigenvalue weighted by Crippen LogP contribution is -2.55. The number of methoxy groups -OCH3 is 1. The Morgan fingerprint density at radius 3 is 2.48 bits per heavy atom. The fourth-order valence-electron chi connectivity index (χ4n) is 7.75. The van der Waals surface area contributed by atoms with Gasteiger partial charge in [0.1, 0.15) is 23.3 Å². The number of anilines is 2. The van der Waals surface area contributed by atoms with E-state index >= 15 is 0 Å². The normalized spacial score (nSPS) is 17.0. The van der Waals surface area contributed by atoms with Crippen molar-refractivity contribution in [3.05, 3.63) is 84.2 Å². The first-order chi connectivity index (χ1) is 29.2. The summed E-state index contributed by atoms with van der Waals surface area (Å²) in [5.74, 6) is -1.45. The summed E-state index contributed by atoms with van der Waals surface area (Å²) in [7, 11) is 1.41. The van der Waals surface area contributed by atoms with Crippen molar-refractivity contribution in [1.29, 1.82) is 5.26 Å². The van der Waals surface area contributed by atoms with E-state index in [0.717, 1.165) is 0 Å². The Morgan fingerprint density at radius 1 is 1.03 bits per heavy atom. The number of likely N-dealkylation sites (tertiary alicyclic amines) is 1. The number of hydrogen-bond donors (Lipinski definition) is 3. The van der Waals surface area contributed by atoms with Crippen LogP contribution in [0.15, 0.2) is 67.1 Å². The topological polar surface area (TPSA) is 194 Å². The number of ether oxygens (including phenoxy) is 1. The number of piperazine rings is 1. The highest BCUT2D eigenvalue weighted by Crippen LogP contribution is 2.35. The van der Waals surface area contributed by atoms with E-state index in [2.05, 4.69) is 36.6 Å². The van der Waals surface area contributed by atoms with Gasteiger partial charge in [0.05, 0.1) is 41.8 Å². The van der Waals surface area contributed by atoms with Gasteiger partial charge in [0.2, 0.25) is 17.7 Å². The molecule has 4 amide bonds. The third kappa shape index (κ3) is 10.5. The zero-order valence-corrected chi connectivity index (χ0v) is 35.2. The number of unbranched alkanes of at least 4 members (excludes halogenated alkanes) is 1. The molecule has 0 unspecified atom stereocenters. The standard InChI is InChI=1S/C45H52FN9O6/c1-28-23-31(56)27-55(28)44(60)41(45(2,3)4)52-38(57)11-6-7-12-39(58)54-21-19-53(20-22-54)36-24-29(32-26-48-17-15-30(32)25-47)13-14-34(36)51-43(59)35-16-18-49-42(50-35)40-33(46)9-8-10-37(40)61-5/h8-10,13-18,24,26,28,31,41,56H,6-7,11-12,19-23,27H2,1-5H3,(H,51,59)(H,52,57)/t28-,31-,41-/m1/s1. The predicted molar refractivity (Wildman–Crippen MR) is 227 cm³/mol. The van der Waals surface area contributed by atoms with E-state index in [1.807, 2.05) is 33.8 Å². The molecule has 0 radical (unpaired) electrons. The van der Waals surface area contributed by atoms with Crippen molar-refractivity contribution in [1.82, 2.24) is 30.1 Å². The number of amides is 4. The summed E-state index contributed by atoms with van der Waals surface area (Å²) in [4.78, 5) is 71.8. The van der Waals surface area contributed by atoms with Crippen LogP contribution in [0.1, 0.15) is 75.9 Å². The van der Waals surface area contributed by atoms with Crippen molar-refractivity contribution in [2.45, 2.75) is 78.0 Å². The largest absolute Gasteiger partial charge is 0.496 e. The van der Waals surface area contributed by atoms with Crippen LogP contribution in [-0.4, -0.2) is 112 Å².